The maximum Gasteiger partial charge on any atom is 0.305 e. The highest BCUT2D eigenvalue weighted by molar-refractivity contribution is 5.76. The topological polar surface area (TPSA) is 95.9 Å². The Balaban J connectivity index is 3.52. The average Bonchev–Trinajstić information content (AvgIpc) is 3.38. The second-order valence-electron chi connectivity index (χ2n) is 21.7. The largest absolute Gasteiger partial charge is 0.466 e. The van der Waals surface area contributed by atoms with Gasteiger partial charge in [0.1, 0.15) is 0 Å². The molecule has 0 aliphatic rings. The average molecular weight is 1010 g/mol. The standard InChI is InChI=1S/C66H123NO5/c1-3-5-7-9-11-13-15-17-19-21-22-23-24-25-26-27-28-30-31-34-38-42-46-50-54-58-64(69)63(62-68)67-65(70)59-55-51-47-43-39-35-33-37-41-45-49-53-57-61-72-66(71)60-56-52-48-44-40-36-32-29-20-18-16-14-12-10-8-6-4-2/h12,14,18,20,35,39,54,58,63-64,68-69H,3-11,13,15-17,19,21-34,36-38,40-53,55-57,59-62H2,1-2H3,(H,67,70)/b14-12-,20-18-,39-35-,58-54+. The summed E-state index contributed by atoms with van der Waals surface area (Å²) in [5.41, 5.74) is 0. The van der Waals surface area contributed by atoms with Crippen molar-refractivity contribution in [3.8, 4) is 0 Å². The Morgan fingerprint density at radius 3 is 1.11 bits per heavy atom. The monoisotopic (exact) mass is 1010 g/mol. The van der Waals surface area contributed by atoms with Crippen LogP contribution in [0, 0.1) is 0 Å². The number of esters is 1. The summed E-state index contributed by atoms with van der Waals surface area (Å²) in [6.45, 7) is 4.85. The lowest BCUT2D eigenvalue weighted by molar-refractivity contribution is -0.143. The fourth-order valence-electron chi connectivity index (χ4n) is 9.66. The van der Waals surface area contributed by atoms with E-state index < -0.39 is 12.1 Å². The number of amides is 1. The number of hydrogen-bond acceptors (Lipinski definition) is 5. The number of aliphatic hydroxyl groups is 2. The van der Waals surface area contributed by atoms with Gasteiger partial charge in [0, 0.05) is 12.8 Å². The number of rotatable bonds is 59. The highest BCUT2D eigenvalue weighted by atomic mass is 16.5. The summed E-state index contributed by atoms with van der Waals surface area (Å²) < 4.78 is 5.47. The van der Waals surface area contributed by atoms with Crippen molar-refractivity contribution < 1.29 is 24.5 Å². The lowest BCUT2D eigenvalue weighted by Gasteiger charge is -2.19. The molecule has 0 heterocycles. The first-order valence-electron chi connectivity index (χ1n) is 31.9. The summed E-state index contributed by atoms with van der Waals surface area (Å²) >= 11 is 0. The van der Waals surface area contributed by atoms with Gasteiger partial charge in [0.15, 0.2) is 0 Å². The molecule has 1 amide bonds. The maximum absolute atomic E-state index is 12.5. The molecule has 0 saturated heterocycles. The Morgan fingerprint density at radius 2 is 0.694 bits per heavy atom. The van der Waals surface area contributed by atoms with Crippen LogP contribution in [0.15, 0.2) is 48.6 Å². The van der Waals surface area contributed by atoms with Gasteiger partial charge in [-0.25, -0.2) is 0 Å². The Labute approximate surface area is 448 Å². The van der Waals surface area contributed by atoms with Crippen LogP contribution in [0.3, 0.4) is 0 Å². The maximum atomic E-state index is 12.5. The number of carbonyl (C=O) groups is 2. The van der Waals surface area contributed by atoms with Gasteiger partial charge in [0.25, 0.3) is 0 Å². The van der Waals surface area contributed by atoms with Crippen molar-refractivity contribution in [1.29, 1.82) is 0 Å². The van der Waals surface area contributed by atoms with Crippen LogP contribution in [0.5, 0.6) is 0 Å². The molecule has 0 aliphatic heterocycles. The second-order valence-corrected chi connectivity index (χ2v) is 21.7. The summed E-state index contributed by atoms with van der Waals surface area (Å²) in [5.74, 6) is -0.117. The SMILES string of the molecule is CCCCC/C=C\C/C=C\CCCCCCCCCC(=O)OCCCCCCCC/C=C\CCCCCC(=O)NC(CO)C(O)/C=C/CCCCCCCCCCCCCCCCCCCCCCCCC. The van der Waals surface area contributed by atoms with Crippen molar-refractivity contribution in [2.45, 2.75) is 347 Å². The predicted molar refractivity (Wildman–Crippen MR) is 315 cm³/mol. The van der Waals surface area contributed by atoms with Gasteiger partial charge in [-0.3, -0.25) is 9.59 Å². The Kier molecular flexibility index (Phi) is 59.5. The number of allylic oxidation sites excluding steroid dienone is 7. The van der Waals surface area contributed by atoms with E-state index in [1.165, 1.54) is 231 Å². The minimum atomic E-state index is -0.865. The smallest absolute Gasteiger partial charge is 0.305 e. The fraction of sp³-hybridized carbons (Fsp3) is 0.848. The summed E-state index contributed by atoms with van der Waals surface area (Å²) in [6, 6.07) is -0.651. The molecule has 2 unspecified atom stereocenters. The van der Waals surface area contributed by atoms with Crippen molar-refractivity contribution >= 4 is 11.9 Å². The molecule has 0 aromatic rings. The van der Waals surface area contributed by atoms with E-state index in [0.29, 0.717) is 19.4 Å². The quantitative estimate of drug-likeness (QED) is 0.0320. The van der Waals surface area contributed by atoms with E-state index in [9.17, 15) is 19.8 Å². The third-order valence-corrected chi connectivity index (χ3v) is 14.6. The Hall–Kier alpha value is -2.18. The Bertz CT molecular complexity index is 1210. The first-order valence-corrected chi connectivity index (χ1v) is 31.9. The highest BCUT2D eigenvalue weighted by Gasteiger charge is 2.18. The molecule has 0 aromatic heterocycles. The zero-order chi connectivity index (χ0) is 52.2. The minimum absolute atomic E-state index is 0.0215. The van der Waals surface area contributed by atoms with Gasteiger partial charge in [-0.15, -0.1) is 0 Å². The molecule has 0 fully saturated rings. The molecule has 422 valence electrons. The van der Waals surface area contributed by atoms with E-state index in [2.05, 4.69) is 55.6 Å². The summed E-state index contributed by atoms with van der Waals surface area (Å²) in [7, 11) is 0. The predicted octanol–water partition coefficient (Wildman–Crippen LogP) is 20.1. The zero-order valence-corrected chi connectivity index (χ0v) is 48.2. The molecule has 6 nitrogen and oxygen atoms in total. The molecular formula is C66H123NO5. The van der Waals surface area contributed by atoms with Crippen LogP contribution in [0.4, 0.5) is 0 Å². The number of carbonyl (C=O) groups excluding carboxylic acids is 2. The van der Waals surface area contributed by atoms with E-state index in [4.69, 9.17) is 4.74 Å². The normalized spacial score (nSPS) is 12.9. The first-order chi connectivity index (χ1) is 35.5. The van der Waals surface area contributed by atoms with Crippen LogP contribution in [-0.4, -0.2) is 47.4 Å². The number of hydrogen-bond donors (Lipinski definition) is 3. The van der Waals surface area contributed by atoms with E-state index in [1.54, 1.807) is 6.08 Å². The Morgan fingerprint density at radius 1 is 0.389 bits per heavy atom. The van der Waals surface area contributed by atoms with Crippen LogP contribution >= 0.6 is 0 Å². The molecule has 72 heavy (non-hydrogen) atoms. The van der Waals surface area contributed by atoms with Gasteiger partial charge in [0.05, 0.1) is 25.4 Å². The lowest BCUT2D eigenvalue weighted by Crippen LogP contribution is -2.45. The van der Waals surface area contributed by atoms with Crippen LogP contribution in [0.25, 0.3) is 0 Å². The summed E-state index contributed by atoms with van der Waals surface area (Å²) in [4.78, 5) is 24.6. The van der Waals surface area contributed by atoms with Crippen molar-refractivity contribution in [3.05, 3.63) is 48.6 Å². The van der Waals surface area contributed by atoms with E-state index >= 15 is 0 Å². The van der Waals surface area contributed by atoms with Gasteiger partial charge in [0.2, 0.25) is 5.91 Å². The highest BCUT2D eigenvalue weighted by Crippen LogP contribution is 2.17. The van der Waals surface area contributed by atoms with E-state index in [0.717, 1.165) is 77.0 Å². The van der Waals surface area contributed by atoms with Gasteiger partial charge < -0.3 is 20.3 Å². The van der Waals surface area contributed by atoms with Crippen molar-refractivity contribution in [1.82, 2.24) is 5.32 Å². The van der Waals surface area contributed by atoms with Crippen LogP contribution < -0.4 is 5.32 Å². The van der Waals surface area contributed by atoms with Crippen molar-refractivity contribution in [2.75, 3.05) is 13.2 Å². The zero-order valence-electron chi connectivity index (χ0n) is 48.2. The number of aliphatic hydroxyl groups excluding tert-OH is 2. The third-order valence-electron chi connectivity index (χ3n) is 14.6. The summed E-state index contributed by atoms with van der Waals surface area (Å²) in [6.07, 6.45) is 78.7. The second kappa shape index (κ2) is 61.4. The van der Waals surface area contributed by atoms with Crippen molar-refractivity contribution in [2.24, 2.45) is 0 Å². The van der Waals surface area contributed by atoms with Gasteiger partial charge in [-0.2, -0.15) is 0 Å². The molecule has 6 heteroatoms. The molecule has 0 radical (unpaired) electrons. The molecule has 0 saturated carbocycles. The fourth-order valence-corrected chi connectivity index (χ4v) is 9.66. The van der Waals surface area contributed by atoms with Crippen LogP contribution in [-0.2, 0) is 14.3 Å². The number of nitrogens with one attached hydrogen (secondary N) is 1. The van der Waals surface area contributed by atoms with Gasteiger partial charge in [-0.1, -0.05) is 281 Å². The van der Waals surface area contributed by atoms with Crippen LogP contribution in [0.1, 0.15) is 335 Å². The molecule has 2 atom stereocenters. The number of ether oxygens (including phenoxy) is 1. The molecule has 0 bridgehead atoms. The molecule has 3 N–H and O–H groups in total. The molecule has 0 aromatic carbocycles. The van der Waals surface area contributed by atoms with E-state index in [1.807, 2.05) is 6.08 Å². The third kappa shape index (κ3) is 57.1. The van der Waals surface area contributed by atoms with E-state index in [-0.39, 0.29) is 18.5 Å². The molecular weight excluding hydrogens is 887 g/mol. The number of unbranched alkanes of at least 4 members (excludes halogenated alkanes) is 42. The first kappa shape index (κ1) is 69.8. The van der Waals surface area contributed by atoms with Gasteiger partial charge in [-0.05, 0) is 89.9 Å². The molecule has 0 spiro atoms. The van der Waals surface area contributed by atoms with Crippen LogP contribution in [0.2, 0.25) is 0 Å². The molecule has 0 aliphatic carbocycles. The van der Waals surface area contributed by atoms with Gasteiger partial charge >= 0.3 is 5.97 Å². The lowest BCUT2D eigenvalue weighted by atomic mass is 10.0. The summed E-state index contributed by atoms with van der Waals surface area (Å²) in [5, 5.41) is 23.2. The molecule has 0 rings (SSSR count). The van der Waals surface area contributed by atoms with Crippen molar-refractivity contribution in [3.63, 3.8) is 0 Å². The minimum Gasteiger partial charge on any atom is -0.466 e.